The summed E-state index contributed by atoms with van der Waals surface area (Å²) in [6.45, 7) is 2.73. The largest absolute Gasteiger partial charge is 0.355 e. The molecule has 160 valence electrons. The number of rotatable bonds is 9. The van der Waals surface area contributed by atoms with Gasteiger partial charge in [-0.25, -0.2) is 0 Å². The van der Waals surface area contributed by atoms with Crippen molar-refractivity contribution in [1.29, 1.82) is 0 Å². The van der Waals surface area contributed by atoms with Crippen molar-refractivity contribution >= 4 is 17.5 Å². The quantitative estimate of drug-likeness (QED) is 0.588. The molecule has 4 heteroatoms. The van der Waals surface area contributed by atoms with Crippen molar-refractivity contribution in [2.45, 2.75) is 70.1 Å². The van der Waals surface area contributed by atoms with Crippen LogP contribution in [0.15, 0.2) is 54.6 Å². The summed E-state index contributed by atoms with van der Waals surface area (Å²) in [4.78, 5) is 25.3. The highest BCUT2D eigenvalue weighted by molar-refractivity contribution is 5.91. The fraction of sp³-hybridized carbons (Fsp3) is 0.462. The number of unbranched alkanes of at least 4 members (excludes halogenated alkanes) is 1. The van der Waals surface area contributed by atoms with Crippen LogP contribution in [0, 0.1) is 0 Å². The smallest absolute Gasteiger partial charge is 0.230 e. The van der Waals surface area contributed by atoms with Crippen LogP contribution in [0.4, 0.5) is 5.69 Å². The van der Waals surface area contributed by atoms with Gasteiger partial charge in [-0.1, -0.05) is 75.1 Å². The molecule has 1 aliphatic carbocycles. The van der Waals surface area contributed by atoms with E-state index in [1.807, 2.05) is 42.5 Å². The Morgan fingerprint density at radius 3 is 2.30 bits per heavy atom. The highest BCUT2D eigenvalue weighted by atomic mass is 16.2. The Balaban J connectivity index is 1.66. The van der Waals surface area contributed by atoms with Gasteiger partial charge in [0.1, 0.15) is 0 Å². The summed E-state index contributed by atoms with van der Waals surface area (Å²) < 4.78 is 0. The average Bonchev–Trinajstić information content (AvgIpc) is 2.79. The maximum atomic E-state index is 13.3. The summed E-state index contributed by atoms with van der Waals surface area (Å²) >= 11 is 0. The molecule has 0 unspecified atom stereocenters. The Morgan fingerprint density at radius 2 is 1.63 bits per heavy atom. The number of hydrogen-bond acceptors (Lipinski definition) is 2. The van der Waals surface area contributed by atoms with E-state index in [0.29, 0.717) is 13.0 Å². The van der Waals surface area contributed by atoms with E-state index in [9.17, 15) is 9.59 Å². The monoisotopic (exact) mass is 406 g/mol. The van der Waals surface area contributed by atoms with E-state index in [1.54, 1.807) is 0 Å². The zero-order chi connectivity index (χ0) is 21.2. The fourth-order valence-electron chi connectivity index (χ4n) is 4.37. The summed E-state index contributed by atoms with van der Waals surface area (Å²) in [5.41, 5.74) is 2.64. The Hall–Kier alpha value is -2.62. The maximum Gasteiger partial charge on any atom is 0.230 e. The summed E-state index contributed by atoms with van der Waals surface area (Å²) in [6.07, 6.45) is 8.38. The maximum absolute atomic E-state index is 13.3. The molecule has 2 N–H and O–H groups in total. The lowest BCUT2D eigenvalue weighted by molar-refractivity contribution is -0.128. The predicted molar refractivity (Wildman–Crippen MR) is 123 cm³/mol. The first-order valence-electron chi connectivity index (χ1n) is 11.4. The van der Waals surface area contributed by atoms with Crippen LogP contribution in [0.25, 0.3) is 0 Å². The van der Waals surface area contributed by atoms with Gasteiger partial charge in [0.15, 0.2) is 0 Å². The molecular formula is C26H34N2O2. The van der Waals surface area contributed by atoms with Gasteiger partial charge < -0.3 is 10.6 Å². The van der Waals surface area contributed by atoms with Gasteiger partial charge in [0.25, 0.3) is 0 Å². The van der Waals surface area contributed by atoms with Crippen molar-refractivity contribution in [3.8, 4) is 0 Å². The molecule has 0 radical (unpaired) electrons. The third-order valence-electron chi connectivity index (χ3n) is 6.16. The van der Waals surface area contributed by atoms with E-state index in [-0.39, 0.29) is 11.8 Å². The molecular weight excluding hydrogens is 372 g/mol. The SMILES string of the molecule is CCCCC(=O)Nc1ccc(C2(C(=O)NCCc3ccccc3)CCCCC2)cc1. The molecule has 0 aromatic heterocycles. The Kier molecular flexibility index (Phi) is 8.06. The van der Waals surface area contributed by atoms with Crippen LogP contribution in [0.3, 0.4) is 0 Å². The molecule has 0 saturated heterocycles. The molecule has 30 heavy (non-hydrogen) atoms. The zero-order valence-corrected chi connectivity index (χ0v) is 18.1. The number of hydrogen-bond donors (Lipinski definition) is 2. The molecule has 0 atom stereocenters. The predicted octanol–water partition coefficient (Wildman–Crippen LogP) is 5.38. The molecule has 0 heterocycles. The number of carbonyl (C=O) groups is 2. The molecule has 0 spiro atoms. The fourth-order valence-corrected chi connectivity index (χ4v) is 4.37. The first-order chi connectivity index (χ1) is 14.6. The molecule has 2 amide bonds. The second-order valence-electron chi connectivity index (χ2n) is 8.36. The molecule has 3 rings (SSSR count). The van der Waals surface area contributed by atoms with Gasteiger partial charge in [0.05, 0.1) is 5.41 Å². The van der Waals surface area contributed by atoms with Crippen molar-refractivity contribution < 1.29 is 9.59 Å². The van der Waals surface area contributed by atoms with Crippen LogP contribution in [0.2, 0.25) is 0 Å². The minimum Gasteiger partial charge on any atom is -0.355 e. The van der Waals surface area contributed by atoms with Crippen LogP contribution >= 0.6 is 0 Å². The molecule has 4 nitrogen and oxygen atoms in total. The van der Waals surface area contributed by atoms with E-state index in [1.165, 1.54) is 12.0 Å². The van der Waals surface area contributed by atoms with E-state index in [4.69, 9.17) is 0 Å². The third-order valence-corrected chi connectivity index (χ3v) is 6.16. The lowest BCUT2D eigenvalue weighted by Crippen LogP contribution is -2.46. The first-order valence-corrected chi connectivity index (χ1v) is 11.4. The minimum atomic E-state index is -0.459. The van der Waals surface area contributed by atoms with Crippen LogP contribution in [-0.4, -0.2) is 18.4 Å². The van der Waals surface area contributed by atoms with E-state index in [0.717, 1.165) is 56.2 Å². The van der Waals surface area contributed by atoms with Gasteiger partial charge in [-0.15, -0.1) is 0 Å². The molecule has 1 fully saturated rings. The zero-order valence-electron chi connectivity index (χ0n) is 18.1. The number of anilines is 1. The van der Waals surface area contributed by atoms with Crippen LogP contribution in [-0.2, 0) is 21.4 Å². The molecule has 2 aromatic carbocycles. The van der Waals surface area contributed by atoms with Gasteiger partial charge in [0.2, 0.25) is 11.8 Å². The van der Waals surface area contributed by atoms with Crippen molar-refractivity contribution in [2.75, 3.05) is 11.9 Å². The molecule has 0 bridgehead atoms. The van der Waals surface area contributed by atoms with E-state index >= 15 is 0 Å². The molecule has 2 aromatic rings. The van der Waals surface area contributed by atoms with Crippen LogP contribution < -0.4 is 10.6 Å². The van der Waals surface area contributed by atoms with Gasteiger partial charge in [0, 0.05) is 18.7 Å². The Bertz CT molecular complexity index is 809. The van der Waals surface area contributed by atoms with Crippen LogP contribution in [0.1, 0.15) is 69.4 Å². The van der Waals surface area contributed by atoms with Gasteiger partial charge >= 0.3 is 0 Å². The third kappa shape index (κ3) is 5.71. The van der Waals surface area contributed by atoms with Gasteiger partial charge in [-0.3, -0.25) is 9.59 Å². The first kappa shape index (κ1) is 22.1. The Morgan fingerprint density at radius 1 is 0.933 bits per heavy atom. The normalized spacial score (nSPS) is 15.4. The van der Waals surface area contributed by atoms with Gasteiger partial charge in [-0.05, 0) is 48.9 Å². The average molecular weight is 407 g/mol. The number of nitrogens with one attached hydrogen (secondary N) is 2. The van der Waals surface area contributed by atoms with Crippen LogP contribution in [0.5, 0.6) is 0 Å². The standard InChI is InChI=1S/C26H34N2O2/c1-2-3-12-24(29)28-23-15-13-22(14-16-23)26(18-8-5-9-19-26)25(30)27-20-17-21-10-6-4-7-11-21/h4,6-7,10-11,13-16H,2-3,5,8-9,12,17-20H2,1H3,(H,27,30)(H,28,29). The topological polar surface area (TPSA) is 58.2 Å². The molecule has 0 aliphatic heterocycles. The second-order valence-corrected chi connectivity index (χ2v) is 8.36. The number of benzene rings is 2. The summed E-state index contributed by atoms with van der Waals surface area (Å²) in [5.74, 6) is 0.188. The minimum absolute atomic E-state index is 0.0515. The van der Waals surface area contributed by atoms with E-state index < -0.39 is 5.41 Å². The lowest BCUT2D eigenvalue weighted by Gasteiger charge is -2.36. The van der Waals surface area contributed by atoms with Crippen molar-refractivity contribution in [3.05, 3.63) is 65.7 Å². The Labute approximate surface area is 180 Å². The van der Waals surface area contributed by atoms with Crippen molar-refractivity contribution in [2.24, 2.45) is 0 Å². The molecule has 1 aliphatic rings. The lowest BCUT2D eigenvalue weighted by atomic mass is 9.68. The number of carbonyl (C=O) groups excluding carboxylic acids is 2. The second kappa shape index (κ2) is 11.0. The molecule has 1 saturated carbocycles. The van der Waals surface area contributed by atoms with E-state index in [2.05, 4.69) is 29.7 Å². The van der Waals surface area contributed by atoms with Crippen molar-refractivity contribution in [1.82, 2.24) is 5.32 Å². The van der Waals surface area contributed by atoms with Gasteiger partial charge in [-0.2, -0.15) is 0 Å². The summed E-state index contributed by atoms with van der Waals surface area (Å²) in [7, 11) is 0. The number of amides is 2. The van der Waals surface area contributed by atoms with Crippen molar-refractivity contribution in [3.63, 3.8) is 0 Å². The highest BCUT2D eigenvalue weighted by Crippen LogP contribution is 2.40. The highest BCUT2D eigenvalue weighted by Gasteiger charge is 2.40. The summed E-state index contributed by atoms with van der Waals surface area (Å²) in [6, 6.07) is 18.2. The summed E-state index contributed by atoms with van der Waals surface area (Å²) in [5, 5.41) is 6.16.